The third-order valence-corrected chi connectivity index (χ3v) is 3.39. The van der Waals surface area contributed by atoms with Crippen LogP contribution in [0.15, 0.2) is 36.5 Å². The molecule has 1 fully saturated rings. The number of aromatic nitrogens is 2. The molecular weight excluding hydrogens is 226 g/mol. The van der Waals surface area contributed by atoms with Crippen LogP contribution in [0.3, 0.4) is 0 Å². The number of imidazole rings is 1. The topological polar surface area (TPSA) is 41.3 Å². The summed E-state index contributed by atoms with van der Waals surface area (Å²) in [4.78, 5) is 6.72. The summed E-state index contributed by atoms with van der Waals surface area (Å²) in [7, 11) is 0. The molecule has 2 heterocycles. The van der Waals surface area contributed by atoms with Gasteiger partial charge in [-0.2, -0.15) is 0 Å². The van der Waals surface area contributed by atoms with Gasteiger partial charge in [0.2, 0.25) is 0 Å². The van der Waals surface area contributed by atoms with Crippen molar-refractivity contribution in [3.63, 3.8) is 0 Å². The quantitative estimate of drug-likeness (QED) is 0.873. The fraction of sp³-hybridized carbons (Fsp3) is 0.357. The highest BCUT2D eigenvalue weighted by Crippen LogP contribution is 2.21. The summed E-state index contributed by atoms with van der Waals surface area (Å²) in [6.45, 7) is 3.57. The second-order valence-electron chi connectivity index (χ2n) is 4.74. The van der Waals surface area contributed by atoms with Crippen molar-refractivity contribution in [2.24, 2.45) is 0 Å². The number of benzene rings is 1. The Kier molecular flexibility index (Phi) is 2.80. The molecule has 0 spiro atoms. The molecule has 1 aromatic carbocycles. The number of rotatable bonds is 2. The summed E-state index contributed by atoms with van der Waals surface area (Å²) in [5.74, 6) is 1.92. The van der Waals surface area contributed by atoms with Gasteiger partial charge in [0.1, 0.15) is 11.6 Å². The molecule has 0 aliphatic carbocycles. The standard InChI is InChI=1S/C14H17N3O/c1-11-15-14(16-8-7-13(18)9-16)10-17(11)12-5-3-2-4-6-12/h2-6,10,13,18H,7-9H2,1H3. The van der Waals surface area contributed by atoms with E-state index in [-0.39, 0.29) is 6.10 Å². The molecule has 0 radical (unpaired) electrons. The number of nitrogens with zero attached hydrogens (tertiary/aromatic N) is 3. The normalized spacial score (nSPS) is 19.4. The predicted molar refractivity (Wildman–Crippen MR) is 71.1 cm³/mol. The molecular formula is C14H17N3O. The number of aryl methyl sites for hydroxylation is 1. The van der Waals surface area contributed by atoms with Crippen LogP contribution in [0, 0.1) is 6.92 Å². The Morgan fingerprint density at radius 1 is 1.28 bits per heavy atom. The van der Waals surface area contributed by atoms with Gasteiger partial charge in [-0.1, -0.05) is 18.2 Å². The van der Waals surface area contributed by atoms with Gasteiger partial charge in [-0.05, 0) is 25.5 Å². The summed E-state index contributed by atoms with van der Waals surface area (Å²) in [6.07, 6.45) is 2.66. The molecule has 1 aromatic heterocycles. The molecule has 0 saturated carbocycles. The molecule has 0 bridgehead atoms. The van der Waals surface area contributed by atoms with Crippen LogP contribution in [-0.4, -0.2) is 33.9 Å². The van der Waals surface area contributed by atoms with Crippen LogP contribution in [0.1, 0.15) is 12.2 Å². The molecule has 4 nitrogen and oxygen atoms in total. The summed E-state index contributed by atoms with van der Waals surface area (Å²) in [5, 5.41) is 9.58. The van der Waals surface area contributed by atoms with E-state index in [0.717, 1.165) is 30.3 Å². The van der Waals surface area contributed by atoms with Crippen LogP contribution in [-0.2, 0) is 0 Å². The molecule has 4 heteroatoms. The molecule has 1 atom stereocenters. The molecule has 2 aromatic rings. The van der Waals surface area contributed by atoms with Crippen LogP contribution >= 0.6 is 0 Å². The Labute approximate surface area is 107 Å². The van der Waals surface area contributed by atoms with E-state index >= 15 is 0 Å². The van der Waals surface area contributed by atoms with Crippen molar-refractivity contribution in [2.75, 3.05) is 18.0 Å². The first-order chi connectivity index (χ1) is 8.74. The van der Waals surface area contributed by atoms with Crippen LogP contribution in [0.25, 0.3) is 5.69 Å². The fourth-order valence-corrected chi connectivity index (χ4v) is 2.41. The second kappa shape index (κ2) is 4.46. The van der Waals surface area contributed by atoms with E-state index in [2.05, 4.69) is 26.6 Å². The van der Waals surface area contributed by atoms with E-state index in [1.165, 1.54) is 0 Å². The number of hydrogen-bond acceptors (Lipinski definition) is 3. The minimum absolute atomic E-state index is 0.216. The summed E-state index contributed by atoms with van der Waals surface area (Å²) < 4.78 is 2.08. The highest BCUT2D eigenvalue weighted by molar-refractivity contribution is 5.44. The summed E-state index contributed by atoms with van der Waals surface area (Å²) in [5.41, 5.74) is 1.12. The van der Waals surface area contributed by atoms with E-state index in [4.69, 9.17) is 0 Å². The van der Waals surface area contributed by atoms with Gasteiger partial charge in [-0.25, -0.2) is 4.98 Å². The molecule has 1 N–H and O–H groups in total. The third kappa shape index (κ3) is 1.99. The van der Waals surface area contributed by atoms with E-state index in [1.807, 2.05) is 31.3 Å². The first-order valence-electron chi connectivity index (χ1n) is 6.28. The molecule has 1 aliphatic heterocycles. The van der Waals surface area contributed by atoms with Gasteiger partial charge in [0.05, 0.1) is 12.3 Å². The summed E-state index contributed by atoms with van der Waals surface area (Å²) >= 11 is 0. The summed E-state index contributed by atoms with van der Waals surface area (Å²) in [6, 6.07) is 10.2. The van der Waals surface area contributed by atoms with E-state index in [9.17, 15) is 5.11 Å². The van der Waals surface area contributed by atoms with Crippen LogP contribution in [0.2, 0.25) is 0 Å². The SMILES string of the molecule is Cc1nc(N2CCC(O)C2)cn1-c1ccccc1. The Bertz CT molecular complexity index is 535. The highest BCUT2D eigenvalue weighted by atomic mass is 16.3. The molecule has 1 unspecified atom stereocenters. The van der Waals surface area contributed by atoms with Crippen molar-refractivity contribution in [3.8, 4) is 5.69 Å². The van der Waals surface area contributed by atoms with Crippen molar-refractivity contribution in [3.05, 3.63) is 42.4 Å². The van der Waals surface area contributed by atoms with Crippen molar-refractivity contribution < 1.29 is 5.11 Å². The third-order valence-electron chi connectivity index (χ3n) is 3.39. The molecule has 18 heavy (non-hydrogen) atoms. The average molecular weight is 243 g/mol. The minimum atomic E-state index is -0.216. The van der Waals surface area contributed by atoms with Crippen molar-refractivity contribution in [2.45, 2.75) is 19.4 Å². The van der Waals surface area contributed by atoms with E-state index < -0.39 is 0 Å². The van der Waals surface area contributed by atoms with Gasteiger partial charge in [-0.15, -0.1) is 0 Å². The Hall–Kier alpha value is -1.81. The smallest absolute Gasteiger partial charge is 0.147 e. The zero-order chi connectivity index (χ0) is 12.5. The van der Waals surface area contributed by atoms with Gasteiger partial charge in [0.25, 0.3) is 0 Å². The predicted octanol–water partition coefficient (Wildman–Crippen LogP) is 1.75. The lowest BCUT2D eigenvalue weighted by Crippen LogP contribution is -2.21. The lowest BCUT2D eigenvalue weighted by atomic mass is 10.3. The van der Waals surface area contributed by atoms with E-state index in [1.54, 1.807) is 0 Å². The van der Waals surface area contributed by atoms with Crippen LogP contribution in [0.4, 0.5) is 5.82 Å². The average Bonchev–Trinajstić information content (AvgIpc) is 2.97. The lowest BCUT2D eigenvalue weighted by Gasteiger charge is -2.13. The van der Waals surface area contributed by atoms with Crippen molar-refractivity contribution >= 4 is 5.82 Å². The van der Waals surface area contributed by atoms with Gasteiger partial charge in [-0.3, -0.25) is 0 Å². The number of anilines is 1. The lowest BCUT2D eigenvalue weighted by molar-refractivity contribution is 0.198. The van der Waals surface area contributed by atoms with Gasteiger partial charge < -0.3 is 14.6 Å². The Morgan fingerprint density at radius 2 is 2.06 bits per heavy atom. The van der Waals surface area contributed by atoms with Gasteiger partial charge in [0.15, 0.2) is 0 Å². The number of hydrogen-bond donors (Lipinski definition) is 1. The zero-order valence-electron chi connectivity index (χ0n) is 10.5. The molecule has 0 amide bonds. The van der Waals surface area contributed by atoms with E-state index in [0.29, 0.717) is 6.54 Å². The number of aliphatic hydroxyl groups excluding tert-OH is 1. The van der Waals surface area contributed by atoms with Gasteiger partial charge >= 0.3 is 0 Å². The molecule has 3 rings (SSSR count). The number of aliphatic hydroxyl groups is 1. The highest BCUT2D eigenvalue weighted by Gasteiger charge is 2.22. The monoisotopic (exact) mass is 243 g/mol. The zero-order valence-corrected chi connectivity index (χ0v) is 10.5. The Morgan fingerprint density at radius 3 is 2.72 bits per heavy atom. The first-order valence-corrected chi connectivity index (χ1v) is 6.28. The van der Waals surface area contributed by atoms with Gasteiger partial charge in [0, 0.05) is 18.8 Å². The molecule has 1 saturated heterocycles. The maximum absolute atomic E-state index is 9.58. The van der Waals surface area contributed by atoms with Crippen LogP contribution < -0.4 is 4.90 Å². The Balaban J connectivity index is 1.92. The maximum atomic E-state index is 9.58. The first kappa shape index (κ1) is 11.3. The van der Waals surface area contributed by atoms with Crippen molar-refractivity contribution in [1.82, 2.24) is 9.55 Å². The minimum Gasteiger partial charge on any atom is -0.391 e. The second-order valence-corrected chi connectivity index (χ2v) is 4.74. The largest absolute Gasteiger partial charge is 0.391 e. The number of β-amino-alcohol motifs (C(OH)–C–C–N with tert-alkyl or cyclic N) is 1. The fourth-order valence-electron chi connectivity index (χ4n) is 2.41. The number of para-hydroxylation sites is 1. The maximum Gasteiger partial charge on any atom is 0.147 e. The van der Waals surface area contributed by atoms with Crippen LogP contribution in [0.5, 0.6) is 0 Å². The molecule has 94 valence electrons. The molecule has 1 aliphatic rings. The van der Waals surface area contributed by atoms with Crippen molar-refractivity contribution in [1.29, 1.82) is 0 Å².